The molecule has 1 aromatic carbocycles. The second-order valence-electron chi connectivity index (χ2n) is 7.17. The summed E-state index contributed by atoms with van der Waals surface area (Å²) in [6, 6.07) is 10.6. The molecule has 0 spiro atoms. The third kappa shape index (κ3) is 1.21. The highest BCUT2D eigenvalue weighted by Crippen LogP contribution is 2.73. The average molecular weight is 283 g/mol. The van der Waals surface area contributed by atoms with Crippen molar-refractivity contribution in [2.45, 2.75) is 44.2 Å². The molecule has 4 atom stereocenters. The molecule has 0 radical (unpaired) electrons. The van der Waals surface area contributed by atoms with Crippen LogP contribution in [0.1, 0.15) is 38.7 Å². The molecule has 1 N–H and O–H groups in total. The van der Waals surface area contributed by atoms with Gasteiger partial charge in [0.05, 0.1) is 6.21 Å². The van der Waals surface area contributed by atoms with Crippen molar-refractivity contribution in [1.82, 2.24) is 0 Å². The molecule has 0 aromatic heterocycles. The zero-order valence-corrected chi connectivity index (χ0v) is 12.5. The molecule has 1 aromatic rings. The van der Waals surface area contributed by atoms with E-state index in [2.05, 4.69) is 48.4 Å². The monoisotopic (exact) mass is 283 g/mol. The Labute approximate surface area is 125 Å². The van der Waals surface area contributed by atoms with Gasteiger partial charge in [-0.1, -0.05) is 55.8 Å². The molecule has 2 aliphatic carbocycles. The number of hydrogen-bond acceptors (Lipinski definition) is 4. The van der Waals surface area contributed by atoms with Crippen molar-refractivity contribution in [3.63, 3.8) is 0 Å². The molecule has 2 saturated carbocycles. The van der Waals surface area contributed by atoms with Crippen molar-refractivity contribution in [3.05, 3.63) is 35.9 Å². The molecule has 0 amide bonds. The van der Waals surface area contributed by atoms with Gasteiger partial charge >= 0.3 is 0 Å². The van der Waals surface area contributed by atoms with Gasteiger partial charge < -0.3 is 5.21 Å². The van der Waals surface area contributed by atoms with Crippen LogP contribution in [0.5, 0.6) is 0 Å². The molecular formula is C17H21N3O. The maximum Gasteiger partial charge on any atom is 0.131 e. The second kappa shape index (κ2) is 3.93. The average Bonchev–Trinajstić information content (AvgIpc) is 3.09. The van der Waals surface area contributed by atoms with Crippen LogP contribution in [0.25, 0.3) is 0 Å². The summed E-state index contributed by atoms with van der Waals surface area (Å²) in [5.41, 5.74) is 0.333. The summed E-state index contributed by atoms with van der Waals surface area (Å²) in [7, 11) is 0. The predicted octanol–water partition coefficient (Wildman–Crippen LogP) is 4.00. The molecule has 21 heavy (non-hydrogen) atoms. The summed E-state index contributed by atoms with van der Waals surface area (Å²) in [4.78, 5) is 0. The normalized spacial score (nSPS) is 42.8. The van der Waals surface area contributed by atoms with Crippen LogP contribution in [0.15, 0.2) is 45.7 Å². The van der Waals surface area contributed by atoms with Crippen LogP contribution < -0.4 is 0 Å². The van der Waals surface area contributed by atoms with Gasteiger partial charge in [0.25, 0.3) is 0 Å². The minimum absolute atomic E-state index is 0.177. The lowest BCUT2D eigenvalue weighted by atomic mass is 9.63. The van der Waals surface area contributed by atoms with Crippen molar-refractivity contribution in [2.24, 2.45) is 32.6 Å². The largest absolute Gasteiger partial charge is 0.411 e. The van der Waals surface area contributed by atoms with Crippen LogP contribution in [-0.2, 0) is 5.54 Å². The quantitative estimate of drug-likeness (QED) is 0.498. The molecule has 3 aliphatic rings. The van der Waals surface area contributed by atoms with E-state index in [0.717, 1.165) is 6.42 Å². The van der Waals surface area contributed by atoms with E-state index < -0.39 is 5.54 Å². The van der Waals surface area contributed by atoms with Crippen molar-refractivity contribution in [1.29, 1.82) is 0 Å². The lowest BCUT2D eigenvalue weighted by Gasteiger charge is -2.40. The fraction of sp³-hybridized carbons (Fsp3) is 0.588. The SMILES string of the molecule is CC1(C)[C@]2(/C=N/O)N=N[C@@]1(c1ccccc1)[C@H]1CCC[C@H]12. The minimum Gasteiger partial charge on any atom is -0.411 e. The Morgan fingerprint density at radius 1 is 1.14 bits per heavy atom. The summed E-state index contributed by atoms with van der Waals surface area (Å²) in [5, 5.41) is 22.1. The predicted molar refractivity (Wildman–Crippen MR) is 80.6 cm³/mol. The van der Waals surface area contributed by atoms with Crippen LogP contribution in [0.3, 0.4) is 0 Å². The molecule has 110 valence electrons. The van der Waals surface area contributed by atoms with Gasteiger partial charge in [0, 0.05) is 5.41 Å². The van der Waals surface area contributed by atoms with Gasteiger partial charge in [0.2, 0.25) is 0 Å². The van der Waals surface area contributed by atoms with Crippen LogP contribution in [0, 0.1) is 17.3 Å². The molecule has 2 fully saturated rings. The number of oxime groups is 1. The molecule has 2 bridgehead atoms. The third-order valence-electron chi connectivity index (χ3n) is 6.41. The standard InChI is InChI=1S/C17H21N3O/c1-15(2)16(11-18-21)13-9-6-10-14(13)17(15,20-19-16)12-7-4-3-5-8-12/h3-5,7-8,11,13-14,21H,6,9-10H2,1-2H3/b18-11+/t13-,14+,16-,17+/m1/s1. The molecule has 0 saturated heterocycles. The van der Waals surface area contributed by atoms with E-state index in [9.17, 15) is 5.21 Å². The minimum atomic E-state index is -0.460. The first-order valence-corrected chi connectivity index (χ1v) is 7.78. The first-order valence-electron chi connectivity index (χ1n) is 7.78. The topological polar surface area (TPSA) is 57.3 Å². The lowest BCUT2D eigenvalue weighted by molar-refractivity contribution is 0.170. The Morgan fingerprint density at radius 3 is 2.57 bits per heavy atom. The maximum absolute atomic E-state index is 9.22. The lowest BCUT2D eigenvalue weighted by Crippen LogP contribution is -2.47. The van der Waals surface area contributed by atoms with E-state index in [1.165, 1.54) is 18.4 Å². The van der Waals surface area contributed by atoms with Crippen molar-refractivity contribution in [2.75, 3.05) is 0 Å². The number of hydrogen-bond donors (Lipinski definition) is 1. The maximum atomic E-state index is 9.22. The number of rotatable bonds is 2. The zero-order valence-electron chi connectivity index (χ0n) is 12.5. The highest BCUT2D eigenvalue weighted by molar-refractivity contribution is 5.75. The number of benzene rings is 1. The van der Waals surface area contributed by atoms with Crippen LogP contribution in [0.4, 0.5) is 0 Å². The molecule has 0 unspecified atom stereocenters. The van der Waals surface area contributed by atoms with Crippen molar-refractivity contribution in [3.8, 4) is 0 Å². The van der Waals surface area contributed by atoms with E-state index in [1.54, 1.807) is 6.21 Å². The summed E-state index contributed by atoms with van der Waals surface area (Å²) in [6.07, 6.45) is 5.19. The van der Waals surface area contributed by atoms with E-state index >= 15 is 0 Å². The van der Waals surface area contributed by atoms with Crippen LogP contribution >= 0.6 is 0 Å². The number of azo groups is 1. The van der Waals surface area contributed by atoms with Crippen LogP contribution in [-0.4, -0.2) is 17.0 Å². The summed E-state index contributed by atoms with van der Waals surface area (Å²) in [6.45, 7) is 4.47. The summed E-state index contributed by atoms with van der Waals surface area (Å²) >= 11 is 0. The second-order valence-corrected chi connectivity index (χ2v) is 7.17. The van der Waals surface area contributed by atoms with Gasteiger partial charge in [-0.15, -0.1) is 0 Å². The van der Waals surface area contributed by atoms with Gasteiger partial charge in [0.1, 0.15) is 11.1 Å². The molecule has 4 nitrogen and oxygen atoms in total. The zero-order chi connectivity index (χ0) is 14.7. The van der Waals surface area contributed by atoms with E-state index in [-0.39, 0.29) is 11.0 Å². The fourth-order valence-electron chi connectivity index (χ4n) is 5.47. The summed E-state index contributed by atoms with van der Waals surface area (Å²) < 4.78 is 0. The van der Waals surface area contributed by atoms with Crippen LogP contribution in [0.2, 0.25) is 0 Å². The number of nitrogens with zero attached hydrogens (tertiary/aromatic N) is 3. The van der Waals surface area contributed by atoms with Gasteiger partial charge in [-0.2, -0.15) is 10.2 Å². The number of fused-ring (bicyclic) bond motifs is 5. The molecule has 1 heterocycles. The smallest absolute Gasteiger partial charge is 0.131 e. The highest BCUT2D eigenvalue weighted by Gasteiger charge is 2.77. The Balaban J connectivity index is 1.98. The molecule has 1 aliphatic heterocycles. The highest BCUT2D eigenvalue weighted by atomic mass is 16.4. The molecule has 4 heteroatoms. The fourth-order valence-corrected chi connectivity index (χ4v) is 5.47. The Bertz CT molecular complexity index is 624. The van der Waals surface area contributed by atoms with Crippen molar-refractivity contribution < 1.29 is 5.21 Å². The van der Waals surface area contributed by atoms with Crippen molar-refractivity contribution >= 4 is 6.21 Å². The van der Waals surface area contributed by atoms with Gasteiger partial charge in [-0.05, 0) is 30.2 Å². The van der Waals surface area contributed by atoms with E-state index in [4.69, 9.17) is 5.11 Å². The Morgan fingerprint density at radius 2 is 1.86 bits per heavy atom. The van der Waals surface area contributed by atoms with Gasteiger partial charge in [-0.3, -0.25) is 0 Å². The summed E-state index contributed by atoms with van der Waals surface area (Å²) in [5.74, 6) is 0.923. The Kier molecular flexibility index (Phi) is 2.43. The van der Waals surface area contributed by atoms with Gasteiger partial charge in [0.15, 0.2) is 0 Å². The Hall–Kier alpha value is -1.71. The first-order chi connectivity index (χ1) is 10.1. The van der Waals surface area contributed by atoms with E-state index in [0.29, 0.717) is 11.8 Å². The first kappa shape index (κ1) is 13.0. The molecule has 4 rings (SSSR count). The molecular weight excluding hydrogens is 262 g/mol. The third-order valence-corrected chi connectivity index (χ3v) is 6.41. The van der Waals surface area contributed by atoms with Gasteiger partial charge in [-0.25, -0.2) is 0 Å². The van der Waals surface area contributed by atoms with E-state index in [1.807, 2.05) is 6.07 Å².